The molecular formula is C10H17N3O5S2. The molecule has 1 fully saturated rings. The van der Waals surface area contributed by atoms with Crippen LogP contribution in [0.15, 0.2) is 4.90 Å². The maximum atomic E-state index is 12.6. The largest absolute Gasteiger partial charge is 0.390 e. The molecule has 1 aromatic heterocycles. The number of hydrogen-bond donors (Lipinski definition) is 2. The van der Waals surface area contributed by atoms with Gasteiger partial charge in [0.2, 0.25) is 10.0 Å². The highest BCUT2D eigenvalue weighted by atomic mass is 32.2. The second-order valence-corrected chi connectivity index (χ2v) is 8.92. The fraction of sp³-hybridized carbons (Fsp3) is 0.700. The van der Waals surface area contributed by atoms with Crippen LogP contribution in [0.4, 0.5) is 0 Å². The number of aromatic amines is 1. The van der Waals surface area contributed by atoms with Crippen molar-refractivity contribution in [3.8, 4) is 0 Å². The maximum absolute atomic E-state index is 12.6. The van der Waals surface area contributed by atoms with Crippen molar-refractivity contribution in [3.63, 3.8) is 0 Å². The molecular weight excluding hydrogens is 306 g/mol. The van der Waals surface area contributed by atoms with Gasteiger partial charge < -0.3 is 5.11 Å². The average molecular weight is 323 g/mol. The van der Waals surface area contributed by atoms with Crippen molar-refractivity contribution < 1.29 is 21.9 Å². The molecule has 10 heteroatoms. The number of nitrogens with zero attached hydrogens (tertiary/aromatic N) is 2. The van der Waals surface area contributed by atoms with Crippen LogP contribution < -0.4 is 0 Å². The highest BCUT2D eigenvalue weighted by Crippen LogP contribution is 2.26. The minimum atomic E-state index is -3.88. The van der Waals surface area contributed by atoms with Crippen molar-refractivity contribution >= 4 is 19.9 Å². The molecule has 0 amide bonds. The fourth-order valence-corrected chi connectivity index (χ4v) is 6.10. The van der Waals surface area contributed by atoms with Crippen LogP contribution in [0.3, 0.4) is 0 Å². The van der Waals surface area contributed by atoms with Gasteiger partial charge in [-0.25, -0.2) is 16.8 Å². The molecule has 0 aliphatic carbocycles. The summed E-state index contributed by atoms with van der Waals surface area (Å²) in [6.45, 7) is 2.52. The standard InChI is InChI=1S/C10H17N3O5S2/c1-7-6-19(15,16)4-3-13(7)20(17,18)10-8(2)11-12-9(10)5-14/h7,14H,3-6H2,1-2H3,(H,11,12). The van der Waals surface area contributed by atoms with E-state index in [-0.39, 0.29) is 28.6 Å². The molecule has 1 unspecified atom stereocenters. The lowest BCUT2D eigenvalue weighted by Gasteiger charge is -2.32. The van der Waals surface area contributed by atoms with Gasteiger partial charge in [-0.05, 0) is 13.8 Å². The summed E-state index contributed by atoms with van der Waals surface area (Å²) in [5.74, 6) is -0.389. The first-order valence-electron chi connectivity index (χ1n) is 6.06. The summed E-state index contributed by atoms with van der Waals surface area (Å²) in [5.41, 5.74) is 0.373. The van der Waals surface area contributed by atoms with Crippen molar-refractivity contribution in [2.75, 3.05) is 18.1 Å². The molecule has 2 N–H and O–H groups in total. The number of nitrogens with one attached hydrogen (secondary N) is 1. The van der Waals surface area contributed by atoms with Crippen LogP contribution in [-0.2, 0) is 26.5 Å². The quantitative estimate of drug-likeness (QED) is 0.737. The molecule has 1 atom stereocenters. The minimum Gasteiger partial charge on any atom is -0.390 e. The number of aliphatic hydroxyl groups is 1. The molecule has 1 aliphatic heterocycles. The van der Waals surface area contributed by atoms with E-state index in [9.17, 15) is 21.9 Å². The van der Waals surface area contributed by atoms with Crippen molar-refractivity contribution in [2.45, 2.75) is 31.4 Å². The summed E-state index contributed by atoms with van der Waals surface area (Å²) >= 11 is 0. The van der Waals surface area contributed by atoms with Crippen molar-refractivity contribution in [1.82, 2.24) is 14.5 Å². The zero-order valence-electron chi connectivity index (χ0n) is 11.2. The Bertz CT molecular complexity index is 707. The molecule has 114 valence electrons. The van der Waals surface area contributed by atoms with Gasteiger partial charge in [-0.1, -0.05) is 0 Å². The number of sulfonamides is 1. The minimum absolute atomic E-state index is 0.0446. The highest BCUT2D eigenvalue weighted by Gasteiger charge is 2.38. The molecule has 1 aromatic rings. The number of hydrogen-bond acceptors (Lipinski definition) is 6. The van der Waals surface area contributed by atoms with Crippen LogP contribution in [0.5, 0.6) is 0 Å². The monoisotopic (exact) mass is 323 g/mol. The Hall–Kier alpha value is -0.970. The number of rotatable bonds is 3. The molecule has 0 bridgehead atoms. The molecule has 2 rings (SSSR count). The summed E-state index contributed by atoms with van der Waals surface area (Å²) in [6.07, 6.45) is 0. The summed E-state index contributed by atoms with van der Waals surface area (Å²) in [7, 11) is -7.08. The first-order valence-corrected chi connectivity index (χ1v) is 9.32. The molecule has 0 aromatic carbocycles. The second-order valence-electron chi connectivity index (χ2n) is 4.86. The Kier molecular flexibility index (Phi) is 3.93. The normalized spacial score (nSPS) is 23.9. The zero-order valence-corrected chi connectivity index (χ0v) is 12.8. The van der Waals surface area contributed by atoms with Gasteiger partial charge in [0, 0.05) is 12.6 Å². The Balaban J connectivity index is 2.43. The van der Waals surface area contributed by atoms with E-state index in [0.717, 1.165) is 4.31 Å². The molecule has 1 aliphatic rings. The van der Waals surface area contributed by atoms with E-state index in [2.05, 4.69) is 10.2 Å². The summed E-state index contributed by atoms with van der Waals surface area (Å²) in [5, 5.41) is 15.5. The molecule has 20 heavy (non-hydrogen) atoms. The predicted octanol–water partition coefficient (Wildman–Crippen LogP) is -0.982. The molecule has 0 spiro atoms. The Morgan fingerprint density at radius 2 is 2.15 bits per heavy atom. The Morgan fingerprint density at radius 1 is 1.50 bits per heavy atom. The average Bonchev–Trinajstić information content (AvgIpc) is 2.69. The zero-order chi connectivity index (χ0) is 15.1. The third-order valence-corrected chi connectivity index (χ3v) is 7.30. The molecule has 0 saturated carbocycles. The van der Waals surface area contributed by atoms with Gasteiger partial charge in [-0.15, -0.1) is 0 Å². The topological polar surface area (TPSA) is 120 Å². The Morgan fingerprint density at radius 3 is 2.70 bits per heavy atom. The number of aryl methyl sites for hydroxylation is 1. The van der Waals surface area contributed by atoms with Crippen molar-refractivity contribution in [3.05, 3.63) is 11.4 Å². The van der Waals surface area contributed by atoms with E-state index in [4.69, 9.17) is 0 Å². The van der Waals surface area contributed by atoms with Gasteiger partial charge in [0.05, 0.1) is 23.8 Å². The lowest BCUT2D eigenvalue weighted by Crippen LogP contribution is -2.49. The molecule has 1 saturated heterocycles. The van der Waals surface area contributed by atoms with E-state index >= 15 is 0 Å². The van der Waals surface area contributed by atoms with E-state index in [1.54, 1.807) is 13.8 Å². The van der Waals surface area contributed by atoms with Crippen molar-refractivity contribution in [2.24, 2.45) is 0 Å². The highest BCUT2D eigenvalue weighted by molar-refractivity contribution is 7.92. The van der Waals surface area contributed by atoms with Crippen molar-refractivity contribution in [1.29, 1.82) is 0 Å². The van der Waals surface area contributed by atoms with Crippen LogP contribution in [0.25, 0.3) is 0 Å². The molecule has 2 heterocycles. The van der Waals surface area contributed by atoms with Crippen LogP contribution >= 0.6 is 0 Å². The van der Waals surface area contributed by atoms with Crippen LogP contribution in [0.1, 0.15) is 18.3 Å². The Labute approximate surface area is 117 Å². The van der Waals surface area contributed by atoms with Gasteiger partial charge in [0.25, 0.3) is 0 Å². The van der Waals surface area contributed by atoms with Gasteiger partial charge >= 0.3 is 0 Å². The van der Waals surface area contributed by atoms with Gasteiger partial charge in [0.15, 0.2) is 9.84 Å². The van der Waals surface area contributed by atoms with Gasteiger partial charge in [-0.3, -0.25) is 5.10 Å². The predicted molar refractivity (Wildman–Crippen MR) is 71.3 cm³/mol. The first kappa shape index (κ1) is 15.4. The van der Waals surface area contributed by atoms with E-state index in [1.807, 2.05) is 0 Å². The maximum Gasteiger partial charge on any atom is 0.247 e. The van der Waals surface area contributed by atoms with Crippen LogP contribution in [0.2, 0.25) is 0 Å². The van der Waals surface area contributed by atoms with Gasteiger partial charge in [-0.2, -0.15) is 9.40 Å². The summed E-state index contributed by atoms with van der Waals surface area (Å²) in [6, 6.07) is -0.639. The number of aromatic nitrogens is 2. The second kappa shape index (κ2) is 5.10. The molecule has 8 nitrogen and oxygen atoms in total. The van der Waals surface area contributed by atoms with Crippen LogP contribution in [0, 0.1) is 6.92 Å². The smallest absolute Gasteiger partial charge is 0.247 e. The third-order valence-electron chi connectivity index (χ3n) is 3.29. The third kappa shape index (κ3) is 2.60. The summed E-state index contributed by atoms with van der Waals surface area (Å²) in [4.78, 5) is -0.0638. The number of sulfone groups is 1. The lowest BCUT2D eigenvalue weighted by molar-refractivity contribution is 0.272. The van der Waals surface area contributed by atoms with Crippen LogP contribution in [-0.4, -0.2) is 60.5 Å². The lowest BCUT2D eigenvalue weighted by atomic mass is 10.4. The SMILES string of the molecule is Cc1[nH]nc(CO)c1S(=O)(=O)N1CCS(=O)(=O)CC1C. The van der Waals surface area contributed by atoms with E-state index in [1.165, 1.54) is 0 Å². The van der Waals surface area contributed by atoms with E-state index < -0.39 is 32.5 Å². The summed E-state index contributed by atoms with van der Waals surface area (Å²) < 4.78 is 49.5. The van der Waals surface area contributed by atoms with Gasteiger partial charge in [0.1, 0.15) is 10.6 Å². The number of aliphatic hydroxyl groups excluding tert-OH is 1. The molecule has 0 radical (unpaired) electrons. The number of H-pyrrole nitrogens is 1. The van der Waals surface area contributed by atoms with E-state index in [0.29, 0.717) is 5.69 Å². The fourth-order valence-electron chi connectivity index (χ4n) is 2.38. The first-order chi connectivity index (χ1) is 9.19.